The number of nitrogens with one attached hydrogen (secondary N) is 1. The third kappa shape index (κ3) is 2.24. The topological polar surface area (TPSA) is 35.5 Å². The van der Waals surface area contributed by atoms with Crippen LogP contribution in [0.4, 0.5) is 0 Å². The van der Waals surface area contributed by atoms with E-state index >= 15 is 0 Å². The van der Waals surface area contributed by atoms with Crippen LogP contribution in [0, 0.1) is 0 Å². The van der Waals surface area contributed by atoms with Crippen molar-refractivity contribution in [1.29, 1.82) is 0 Å². The van der Waals surface area contributed by atoms with Crippen LogP contribution in [0.1, 0.15) is 30.4 Å². The van der Waals surface area contributed by atoms with E-state index in [9.17, 15) is 5.11 Å². The summed E-state index contributed by atoms with van der Waals surface area (Å²) in [5.74, 6) is 0. The van der Waals surface area contributed by atoms with Gasteiger partial charge in [0.25, 0.3) is 0 Å². The number of aliphatic hydroxyl groups excluding tert-OH is 1. The SMILES string of the molecule is O[C@@H]1CCNC[C@H]1N1CCC2(C=Cc3ccccc32)CC1. The molecule has 0 amide bonds. The molecule has 1 aromatic rings. The Labute approximate surface area is 126 Å². The Balaban J connectivity index is 1.49. The van der Waals surface area contributed by atoms with Crippen LogP contribution in [-0.4, -0.2) is 48.3 Å². The molecule has 2 atom stereocenters. The number of nitrogens with zero attached hydrogens (tertiary/aromatic N) is 1. The molecule has 0 bridgehead atoms. The number of benzene rings is 1. The van der Waals surface area contributed by atoms with Crippen molar-refractivity contribution in [3.8, 4) is 0 Å². The van der Waals surface area contributed by atoms with Crippen LogP contribution < -0.4 is 5.32 Å². The molecule has 2 fully saturated rings. The molecule has 2 aliphatic heterocycles. The van der Waals surface area contributed by atoms with Gasteiger partial charge in [-0.25, -0.2) is 0 Å². The van der Waals surface area contributed by atoms with Crippen molar-refractivity contribution in [2.24, 2.45) is 0 Å². The first-order chi connectivity index (χ1) is 10.3. The van der Waals surface area contributed by atoms with E-state index in [0.29, 0.717) is 6.04 Å². The Bertz CT molecular complexity index is 546. The van der Waals surface area contributed by atoms with E-state index in [1.165, 1.54) is 24.0 Å². The monoisotopic (exact) mass is 284 g/mol. The van der Waals surface area contributed by atoms with Crippen LogP contribution in [0.2, 0.25) is 0 Å². The van der Waals surface area contributed by atoms with E-state index in [1.54, 1.807) is 0 Å². The average Bonchev–Trinajstić information content (AvgIpc) is 2.88. The Kier molecular flexibility index (Phi) is 3.37. The van der Waals surface area contributed by atoms with E-state index in [1.807, 2.05) is 0 Å². The minimum absolute atomic E-state index is 0.160. The lowest BCUT2D eigenvalue weighted by atomic mass is 9.74. The molecule has 1 aliphatic carbocycles. The van der Waals surface area contributed by atoms with Crippen molar-refractivity contribution in [3.63, 3.8) is 0 Å². The quantitative estimate of drug-likeness (QED) is 0.825. The number of hydrogen-bond donors (Lipinski definition) is 2. The van der Waals surface area contributed by atoms with Gasteiger partial charge in [-0.1, -0.05) is 36.4 Å². The van der Waals surface area contributed by atoms with Crippen LogP contribution in [0.15, 0.2) is 30.3 Å². The molecule has 3 nitrogen and oxygen atoms in total. The van der Waals surface area contributed by atoms with Crippen molar-refractivity contribution in [3.05, 3.63) is 41.5 Å². The predicted octanol–water partition coefficient (Wildman–Crippen LogP) is 1.77. The minimum Gasteiger partial charge on any atom is -0.391 e. The van der Waals surface area contributed by atoms with E-state index < -0.39 is 0 Å². The summed E-state index contributed by atoms with van der Waals surface area (Å²) in [7, 11) is 0. The molecule has 2 heterocycles. The van der Waals surface area contributed by atoms with Gasteiger partial charge in [-0.15, -0.1) is 0 Å². The van der Waals surface area contributed by atoms with E-state index in [4.69, 9.17) is 0 Å². The Morgan fingerprint density at radius 1 is 1.19 bits per heavy atom. The number of aliphatic hydroxyl groups is 1. The summed E-state index contributed by atoms with van der Waals surface area (Å²) in [6.07, 6.45) is 7.78. The van der Waals surface area contributed by atoms with Crippen LogP contribution in [0.3, 0.4) is 0 Å². The Morgan fingerprint density at radius 2 is 2.00 bits per heavy atom. The Hall–Kier alpha value is -1.16. The van der Waals surface area contributed by atoms with Gasteiger partial charge < -0.3 is 10.4 Å². The first-order valence-electron chi connectivity index (χ1n) is 8.20. The smallest absolute Gasteiger partial charge is 0.0719 e. The first kappa shape index (κ1) is 13.5. The second-order valence-corrected chi connectivity index (χ2v) is 6.74. The molecule has 0 unspecified atom stereocenters. The summed E-state index contributed by atoms with van der Waals surface area (Å²) < 4.78 is 0. The van der Waals surface area contributed by atoms with Gasteiger partial charge in [0.05, 0.1) is 6.10 Å². The number of likely N-dealkylation sites (tertiary alicyclic amines) is 1. The van der Waals surface area contributed by atoms with Gasteiger partial charge in [-0.2, -0.15) is 0 Å². The summed E-state index contributed by atoms with van der Waals surface area (Å²) in [5, 5.41) is 13.7. The molecule has 1 spiro atoms. The number of allylic oxidation sites excluding steroid dienone is 1. The molecule has 4 rings (SSSR count). The van der Waals surface area contributed by atoms with Crippen LogP contribution in [0.5, 0.6) is 0 Å². The molecular formula is C18H24N2O. The second kappa shape index (κ2) is 5.24. The molecule has 3 aliphatic rings. The highest BCUT2D eigenvalue weighted by atomic mass is 16.3. The third-order valence-electron chi connectivity index (χ3n) is 5.65. The minimum atomic E-state index is -0.160. The number of fused-ring (bicyclic) bond motifs is 2. The molecule has 1 aromatic carbocycles. The Morgan fingerprint density at radius 3 is 2.81 bits per heavy atom. The fraction of sp³-hybridized carbons (Fsp3) is 0.556. The highest BCUT2D eigenvalue weighted by Crippen LogP contribution is 2.44. The maximum Gasteiger partial charge on any atom is 0.0719 e. The van der Waals surface area contributed by atoms with Crippen molar-refractivity contribution < 1.29 is 5.11 Å². The standard InChI is InChI=1S/C18H24N2O/c21-17-6-10-19-13-16(17)20-11-8-18(9-12-20)7-5-14-3-1-2-4-15(14)18/h1-5,7,16-17,19,21H,6,8-13H2/t16-,17-/m1/s1. The maximum absolute atomic E-state index is 10.2. The highest BCUT2D eigenvalue weighted by Gasteiger charge is 2.40. The fourth-order valence-corrected chi connectivity index (χ4v) is 4.33. The summed E-state index contributed by atoms with van der Waals surface area (Å²) in [5.41, 5.74) is 3.15. The zero-order chi connectivity index (χ0) is 14.3. The zero-order valence-electron chi connectivity index (χ0n) is 12.5. The van der Waals surface area contributed by atoms with Gasteiger partial charge in [0.2, 0.25) is 0 Å². The first-order valence-corrected chi connectivity index (χ1v) is 8.20. The largest absolute Gasteiger partial charge is 0.391 e. The molecule has 0 aromatic heterocycles. The van der Waals surface area contributed by atoms with Gasteiger partial charge in [-0.3, -0.25) is 4.90 Å². The lowest BCUT2D eigenvalue weighted by Crippen LogP contribution is -2.57. The maximum atomic E-state index is 10.2. The lowest BCUT2D eigenvalue weighted by molar-refractivity contribution is 0.0116. The molecule has 0 saturated carbocycles. The summed E-state index contributed by atoms with van der Waals surface area (Å²) in [6.45, 7) is 4.05. The average molecular weight is 284 g/mol. The van der Waals surface area contributed by atoms with Crippen LogP contribution >= 0.6 is 0 Å². The van der Waals surface area contributed by atoms with Gasteiger partial charge in [0.1, 0.15) is 0 Å². The van der Waals surface area contributed by atoms with Gasteiger partial charge in [-0.05, 0) is 50.0 Å². The van der Waals surface area contributed by atoms with Gasteiger partial charge >= 0.3 is 0 Å². The zero-order valence-corrected chi connectivity index (χ0v) is 12.5. The van der Waals surface area contributed by atoms with Crippen molar-refractivity contribution >= 4 is 6.08 Å². The molecule has 2 saturated heterocycles. The molecule has 3 heteroatoms. The van der Waals surface area contributed by atoms with E-state index in [0.717, 1.165) is 32.6 Å². The highest BCUT2D eigenvalue weighted by molar-refractivity contribution is 5.65. The van der Waals surface area contributed by atoms with Crippen molar-refractivity contribution in [2.75, 3.05) is 26.2 Å². The van der Waals surface area contributed by atoms with E-state index in [-0.39, 0.29) is 11.5 Å². The normalized spacial score (nSPS) is 31.5. The molecule has 112 valence electrons. The lowest BCUT2D eigenvalue weighted by Gasteiger charge is -2.45. The summed E-state index contributed by atoms with van der Waals surface area (Å²) in [6, 6.07) is 9.11. The molecule has 0 radical (unpaired) electrons. The fourth-order valence-electron chi connectivity index (χ4n) is 4.33. The number of rotatable bonds is 1. The number of piperidine rings is 2. The summed E-state index contributed by atoms with van der Waals surface area (Å²) >= 11 is 0. The molecule has 2 N–H and O–H groups in total. The van der Waals surface area contributed by atoms with Crippen LogP contribution in [-0.2, 0) is 5.41 Å². The van der Waals surface area contributed by atoms with Crippen molar-refractivity contribution in [1.82, 2.24) is 10.2 Å². The third-order valence-corrected chi connectivity index (χ3v) is 5.65. The molecule has 21 heavy (non-hydrogen) atoms. The summed E-state index contributed by atoms with van der Waals surface area (Å²) in [4.78, 5) is 2.50. The van der Waals surface area contributed by atoms with Crippen molar-refractivity contribution in [2.45, 2.75) is 36.8 Å². The molecular weight excluding hydrogens is 260 g/mol. The van der Waals surface area contributed by atoms with Crippen LogP contribution in [0.25, 0.3) is 6.08 Å². The predicted molar refractivity (Wildman–Crippen MR) is 85.2 cm³/mol. The van der Waals surface area contributed by atoms with E-state index in [2.05, 4.69) is 46.6 Å². The number of hydrogen-bond acceptors (Lipinski definition) is 3. The second-order valence-electron chi connectivity index (χ2n) is 6.74. The van der Waals surface area contributed by atoms with Gasteiger partial charge in [0, 0.05) is 18.0 Å². The van der Waals surface area contributed by atoms with Gasteiger partial charge in [0.15, 0.2) is 0 Å².